The van der Waals surface area contributed by atoms with Crippen LogP contribution in [0, 0.1) is 11.7 Å². The fourth-order valence-corrected chi connectivity index (χ4v) is 3.49. The van der Waals surface area contributed by atoms with Crippen molar-refractivity contribution in [1.82, 2.24) is 15.5 Å². The lowest BCUT2D eigenvalue weighted by Gasteiger charge is -2.20. The lowest BCUT2D eigenvalue weighted by Crippen LogP contribution is -2.43. The van der Waals surface area contributed by atoms with Crippen molar-refractivity contribution in [2.75, 3.05) is 39.8 Å². The molecule has 156 valence electrons. The van der Waals surface area contributed by atoms with Crippen LogP contribution >= 0.6 is 0 Å². The number of hydrogen-bond acceptors (Lipinski definition) is 3. The van der Waals surface area contributed by atoms with E-state index >= 15 is 0 Å². The molecule has 6 nitrogen and oxygen atoms in total. The first-order valence-corrected chi connectivity index (χ1v) is 10.3. The molecule has 1 amide bonds. The summed E-state index contributed by atoms with van der Waals surface area (Å²) in [7, 11) is 1.71. The zero-order valence-electron chi connectivity index (χ0n) is 16.9. The third-order valence-electron chi connectivity index (χ3n) is 5.18. The standard InChI is InChI=1S/C21H34FN5O/c1-24-21(25-11-6-14-27-12-4-2-3-5-13-27)26-16-18(20(23)28)15-17-7-9-19(22)10-8-17/h7-10,18H,2-6,11-16H2,1H3,(H2,23,28)(H2,24,25,26). The lowest BCUT2D eigenvalue weighted by atomic mass is 9.98. The van der Waals surface area contributed by atoms with Gasteiger partial charge in [-0.05, 0) is 63.0 Å². The summed E-state index contributed by atoms with van der Waals surface area (Å²) in [6.45, 7) is 4.72. The van der Waals surface area contributed by atoms with E-state index in [0.29, 0.717) is 18.9 Å². The highest BCUT2D eigenvalue weighted by Gasteiger charge is 2.17. The summed E-state index contributed by atoms with van der Waals surface area (Å²) >= 11 is 0. The van der Waals surface area contributed by atoms with Crippen LogP contribution in [0.2, 0.25) is 0 Å². The quantitative estimate of drug-likeness (QED) is 0.341. The molecule has 0 aliphatic carbocycles. The topological polar surface area (TPSA) is 82.8 Å². The first-order chi connectivity index (χ1) is 13.6. The second-order valence-electron chi connectivity index (χ2n) is 7.42. The van der Waals surface area contributed by atoms with Crippen molar-refractivity contribution >= 4 is 11.9 Å². The minimum absolute atomic E-state index is 0.290. The van der Waals surface area contributed by atoms with E-state index in [1.807, 2.05) is 0 Å². The largest absolute Gasteiger partial charge is 0.369 e. The number of guanidine groups is 1. The number of carbonyl (C=O) groups excluding carboxylic acids is 1. The maximum Gasteiger partial charge on any atom is 0.222 e. The normalized spacial score (nSPS) is 17.0. The average molecular weight is 392 g/mol. The van der Waals surface area contributed by atoms with Gasteiger partial charge < -0.3 is 21.3 Å². The van der Waals surface area contributed by atoms with Gasteiger partial charge >= 0.3 is 0 Å². The number of rotatable bonds is 9. The van der Waals surface area contributed by atoms with E-state index in [1.165, 1.54) is 50.9 Å². The van der Waals surface area contributed by atoms with Gasteiger partial charge in [-0.1, -0.05) is 25.0 Å². The van der Waals surface area contributed by atoms with Gasteiger partial charge in [-0.15, -0.1) is 0 Å². The summed E-state index contributed by atoms with van der Waals surface area (Å²) in [5.74, 6) is -0.391. The molecule has 0 radical (unpaired) electrons. The van der Waals surface area contributed by atoms with E-state index in [-0.39, 0.29) is 17.6 Å². The van der Waals surface area contributed by atoms with Crippen LogP contribution in [-0.4, -0.2) is 56.5 Å². The zero-order chi connectivity index (χ0) is 20.2. The van der Waals surface area contributed by atoms with Crippen molar-refractivity contribution in [3.8, 4) is 0 Å². The molecular weight excluding hydrogens is 357 g/mol. The summed E-state index contributed by atoms with van der Waals surface area (Å²) in [5.41, 5.74) is 6.42. The molecule has 28 heavy (non-hydrogen) atoms. The number of carbonyl (C=O) groups is 1. The Balaban J connectivity index is 1.71. The molecule has 0 aromatic heterocycles. The number of aliphatic imine (C=N–C) groups is 1. The van der Waals surface area contributed by atoms with Crippen molar-refractivity contribution in [3.63, 3.8) is 0 Å². The second-order valence-corrected chi connectivity index (χ2v) is 7.42. The molecule has 1 aromatic carbocycles. The Hall–Kier alpha value is -2.15. The Kier molecular flexibility index (Phi) is 9.76. The Labute approximate surface area is 167 Å². The predicted molar refractivity (Wildman–Crippen MR) is 112 cm³/mol. The molecule has 2 rings (SSSR count). The van der Waals surface area contributed by atoms with Crippen molar-refractivity contribution in [1.29, 1.82) is 0 Å². The highest BCUT2D eigenvalue weighted by molar-refractivity contribution is 5.81. The third-order valence-corrected chi connectivity index (χ3v) is 5.18. The van der Waals surface area contributed by atoms with Gasteiger partial charge in [0.2, 0.25) is 5.91 Å². The molecule has 0 spiro atoms. The summed E-state index contributed by atoms with van der Waals surface area (Å²) in [6, 6.07) is 6.15. The number of halogens is 1. The van der Waals surface area contributed by atoms with Crippen molar-refractivity contribution in [2.24, 2.45) is 16.6 Å². The van der Waals surface area contributed by atoms with E-state index in [9.17, 15) is 9.18 Å². The molecule has 1 aliphatic heterocycles. The number of primary amides is 1. The van der Waals surface area contributed by atoms with Crippen LogP contribution in [0.4, 0.5) is 4.39 Å². The Morgan fingerprint density at radius 1 is 1.18 bits per heavy atom. The first kappa shape index (κ1) is 22.1. The van der Waals surface area contributed by atoms with Gasteiger partial charge in [0.25, 0.3) is 0 Å². The SMILES string of the molecule is CN=C(NCCCN1CCCCCC1)NCC(Cc1ccc(F)cc1)C(N)=O. The van der Waals surface area contributed by atoms with E-state index in [2.05, 4.69) is 20.5 Å². The Morgan fingerprint density at radius 2 is 1.86 bits per heavy atom. The smallest absolute Gasteiger partial charge is 0.222 e. The van der Waals surface area contributed by atoms with Crippen LogP contribution in [0.25, 0.3) is 0 Å². The van der Waals surface area contributed by atoms with Crippen LogP contribution in [0.5, 0.6) is 0 Å². The third kappa shape index (κ3) is 8.25. The summed E-state index contributed by atoms with van der Waals surface area (Å²) < 4.78 is 13.0. The molecule has 1 aromatic rings. The predicted octanol–water partition coefficient (Wildman–Crippen LogP) is 1.90. The molecule has 1 aliphatic rings. The molecule has 0 bridgehead atoms. The van der Waals surface area contributed by atoms with Gasteiger partial charge in [-0.3, -0.25) is 9.79 Å². The Morgan fingerprint density at radius 3 is 2.46 bits per heavy atom. The first-order valence-electron chi connectivity index (χ1n) is 10.3. The molecule has 4 N–H and O–H groups in total. The fraction of sp³-hybridized carbons (Fsp3) is 0.619. The monoisotopic (exact) mass is 391 g/mol. The van der Waals surface area contributed by atoms with Crippen LogP contribution in [-0.2, 0) is 11.2 Å². The van der Waals surface area contributed by atoms with E-state index in [1.54, 1.807) is 19.2 Å². The van der Waals surface area contributed by atoms with Crippen LogP contribution in [0.15, 0.2) is 29.3 Å². The van der Waals surface area contributed by atoms with E-state index in [0.717, 1.165) is 25.1 Å². The Bertz CT molecular complexity index is 612. The minimum atomic E-state index is -0.388. The molecule has 1 atom stereocenters. The van der Waals surface area contributed by atoms with Crippen LogP contribution in [0.1, 0.15) is 37.7 Å². The molecule has 1 unspecified atom stereocenters. The molecule has 1 saturated heterocycles. The van der Waals surface area contributed by atoms with Gasteiger partial charge in [0.15, 0.2) is 5.96 Å². The highest BCUT2D eigenvalue weighted by Crippen LogP contribution is 2.10. The summed E-state index contributed by atoms with van der Waals surface area (Å²) in [4.78, 5) is 18.5. The number of nitrogens with two attached hydrogens (primary N) is 1. The number of nitrogens with one attached hydrogen (secondary N) is 2. The van der Waals surface area contributed by atoms with Gasteiger partial charge in [0.1, 0.15) is 5.82 Å². The maximum atomic E-state index is 13.0. The number of nitrogens with zero attached hydrogens (tertiary/aromatic N) is 2. The van der Waals surface area contributed by atoms with Crippen molar-refractivity contribution in [3.05, 3.63) is 35.6 Å². The van der Waals surface area contributed by atoms with Crippen molar-refractivity contribution < 1.29 is 9.18 Å². The number of amides is 1. The van der Waals surface area contributed by atoms with Gasteiger partial charge in [0.05, 0.1) is 5.92 Å². The number of hydrogen-bond donors (Lipinski definition) is 3. The minimum Gasteiger partial charge on any atom is -0.369 e. The van der Waals surface area contributed by atoms with E-state index < -0.39 is 0 Å². The van der Waals surface area contributed by atoms with Crippen LogP contribution < -0.4 is 16.4 Å². The number of benzene rings is 1. The molecule has 1 heterocycles. The molecule has 1 fully saturated rings. The molecule has 7 heteroatoms. The van der Waals surface area contributed by atoms with Gasteiger partial charge in [0, 0.05) is 20.1 Å². The van der Waals surface area contributed by atoms with Gasteiger partial charge in [-0.25, -0.2) is 4.39 Å². The van der Waals surface area contributed by atoms with Crippen LogP contribution in [0.3, 0.4) is 0 Å². The summed E-state index contributed by atoms with van der Waals surface area (Å²) in [5, 5.41) is 6.48. The van der Waals surface area contributed by atoms with Gasteiger partial charge in [-0.2, -0.15) is 0 Å². The van der Waals surface area contributed by atoms with Crippen molar-refractivity contribution in [2.45, 2.75) is 38.5 Å². The van der Waals surface area contributed by atoms with E-state index in [4.69, 9.17) is 5.73 Å². The highest BCUT2D eigenvalue weighted by atomic mass is 19.1. The number of likely N-dealkylation sites (tertiary alicyclic amines) is 1. The average Bonchev–Trinajstić information content (AvgIpc) is 2.96. The fourth-order valence-electron chi connectivity index (χ4n) is 3.49. The second kappa shape index (κ2) is 12.3. The lowest BCUT2D eigenvalue weighted by molar-refractivity contribution is -0.121. The zero-order valence-corrected chi connectivity index (χ0v) is 16.9. The summed E-state index contributed by atoms with van der Waals surface area (Å²) in [6.07, 6.45) is 6.83. The maximum absolute atomic E-state index is 13.0. The molecule has 0 saturated carbocycles. The molecular formula is C21H34FN5O.